The summed E-state index contributed by atoms with van der Waals surface area (Å²) in [5, 5.41) is 9.61. The highest BCUT2D eigenvalue weighted by Crippen LogP contribution is 2.47. The van der Waals surface area contributed by atoms with Gasteiger partial charge >= 0.3 is 0 Å². The average Bonchev–Trinajstić information content (AvgIpc) is 2.68. The monoisotopic (exact) mass is 260 g/mol. The molecule has 3 saturated heterocycles. The lowest BCUT2D eigenvalue weighted by Gasteiger charge is -2.45. The molecule has 0 aromatic rings. The smallest absolute Gasteiger partial charge is 0.190 e. The van der Waals surface area contributed by atoms with Crippen molar-refractivity contribution in [2.45, 2.75) is 63.4 Å². The minimum atomic E-state index is -0.888. The molecule has 3 heterocycles. The first kappa shape index (κ1) is 12.8. The number of hydrogen-bond donors (Lipinski definition) is 1. The van der Waals surface area contributed by atoms with Crippen molar-refractivity contribution in [1.29, 1.82) is 0 Å². The van der Waals surface area contributed by atoms with Crippen LogP contribution in [0, 0.1) is 0 Å². The van der Waals surface area contributed by atoms with E-state index < -0.39 is 29.6 Å². The second-order valence-corrected chi connectivity index (χ2v) is 6.04. The van der Waals surface area contributed by atoms with E-state index in [2.05, 4.69) is 0 Å². The molecule has 0 aliphatic carbocycles. The van der Waals surface area contributed by atoms with Crippen LogP contribution in [0.4, 0.5) is 0 Å². The van der Waals surface area contributed by atoms with E-state index in [0.29, 0.717) is 0 Å². The Kier molecular flexibility index (Phi) is 2.59. The van der Waals surface area contributed by atoms with Crippen LogP contribution >= 0.6 is 0 Å². The molecule has 0 aromatic heterocycles. The molecule has 3 aliphatic heterocycles. The molecule has 0 bridgehead atoms. The summed E-state index contributed by atoms with van der Waals surface area (Å²) in [5.41, 5.74) is -0.888. The van der Waals surface area contributed by atoms with E-state index in [1.807, 2.05) is 27.7 Å². The maximum atomic E-state index is 9.61. The summed E-state index contributed by atoms with van der Waals surface area (Å²) in [5.74, 6) is -1.40. The van der Waals surface area contributed by atoms with Crippen LogP contribution in [0.15, 0.2) is 0 Å². The lowest BCUT2D eigenvalue weighted by Crippen LogP contribution is -2.60. The Bertz CT molecular complexity index is 354. The van der Waals surface area contributed by atoms with Crippen LogP contribution in [0.2, 0.25) is 0 Å². The Hall–Kier alpha value is -0.240. The molecule has 0 radical (unpaired) electrons. The molecule has 0 saturated carbocycles. The molecule has 1 N–H and O–H groups in total. The number of fused-ring (bicyclic) bond motifs is 3. The molecule has 3 aliphatic rings. The van der Waals surface area contributed by atoms with Crippen LogP contribution in [-0.2, 0) is 23.7 Å². The minimum Gasteiger partial charge on any atom is -0.393 e. The third-order valence-electron chi connectivity index (χ3n) is 3.60. The zero-order valence-electron chi connectivity index (χ0n) is 11.1. The second kappa shape index (κ2) is 3.65. The van der Waals surface area contributed by atoms with Gasteiger partial charge in [-0.1, -0.05) is 0 Å². The molecule has 0 amide bonds. The van der Waals surface area contributed by atoms with E-state index in [-0.39, 0.29) is 19.3 Å². The minimum absolute atomic E-state index is 0.187. The van der Waals surface area contributed by atoms with Gasteiger partial charge in [0.2, 0.25) is 0 Å². The molecule has 3 fully saturated rings. The summed E-state index contributed by atoms with van der Waals surface area (Å²) < 4.78 is 28.8. The van der Waals surface area contributed by atoms with Crippen molar-refractivity contribution >= 4 is 0 Å². The van der Waals surface area contributed by atoms with Gasteiger partial charge < -0.3 is 28.8 Å². The maximum absolute atomic E-state index is 9.61. The topological polar surface area (TPSA) is 66.4 Å². The van der Waals surface area contributed by atoms with Crippen molar-refractivity contribution in [3.05, 3.63) is 0 Å². The number of aliphatic hydroxyl groups excluding tert-OH is 1. The van der Waals surface area contributed by atoms with Gasteiger partial charge in [-0.25, -0.2) is 0 Å². The van der Waals surface area contributed by atoms with E-state index in [9.17, 15) is 5.11 Å². The highest BCUT2D eigenvalue weighted by Gasteiger charge is 2.65. The molecule has 0 spiro atoms. The van der Waals surface area contributed by atoms with Gasteiger partial charge in [-0.05, 0) is 27.7 Å². The molecule has 0 aromatic carbocycles. The van der Waals surface area contributed by atoms with E-state index in [4.69, 9.17) is 23.7 Å². The summed E-state index contributed by atoms with van der Waals surface area (Å²) in [6.45, 7) is 7.42. The van der Waals surface area contributed by atoms with Crippen LogP contribution in [-0.4, -0.2) is 54.0 Å². The van der Waals surface area contributed by atoms with Crippen LogP contribution < -0.4 is 0 Å². The van der Waals surface area contributed by atoms with Gasteiger partial charge in [0.15, 0.2) is 17.9 Å². The summed E-state index contributed by atoms with van der Waals surface area (Å²) in [6.07, 6.45) is -1.25. The largest absolute Gasteiger partial charge is 0.393 e. The summed E-state index contributed by atoms with van der Waals surface area (Å²) in [6, 6.07) is 0. The third kappa shape index (κ3) is 1.79. The Morgan fingerprint density at radius 2 is 1.72 bits per heavy atom. The lowest BCUT2D eigenvalue weighted by atomic mass is 9.95. The SMILES string of the molecule is CC1(C)OC2OC3(CO)COC(C)(C)OC3C2O1. The Morgan fingerprint density at radius 1 is 1.00 bits per heavy atom. The van der Waals surface area contributed by atoms with Crippen LogP contribution in [0.25, 0.3) is 0 Å². The van der Waals surface area contributed by atoms with Crippen molar-refractivity contribution in [1.82, 2.24) is 0 Å². The number of aliphatic hydroxyl groups is 1. The molecule has 18 heavy (non-hydrogen) atoms. The summed E-state index contributed by atoms with van der Waals surface area (Å²) >= 11 is 0. The van der Waals surface area contributed by atoms with Crippen molar-refractivity contribution in [2.75, 3.05) is 13.2 Å². The molecule has 104 valence electrons. The van der Waals surface area contributed by atoms with Gasteiger partial charge in [-0.15, -0.1) is 0 Å². The van der Waals surface area contributed by atoms with E-state index in [0.717, 1.165) is 0 Å². The van der Waals surface area contributed by atoms with E-state index in [1.165, 1.54) is 0 Å². The van der Waals surface area contributed by atoms with Gasteiger partial charge in [-0.2, -0.15) is 0 Å². The highest BCUT2D eigenvalue weighted by atomic mass is 16.9. The summed E-state index contributed by atoms with van der Waals surface area (Å²) in [4.78, 5) is 0. The molecule has 6 heteroatoms. The molecular weight excluding hydrogens is 240 g/mol. The van der Waals surface area contributed by atoms with Gasteiger partial charge in [-0.3, -0.25) is 0 Å². The van der Waals surface area contributed by atoms with Gasteiger partial charge in [0.25, 0.3) is 0 Å². The van der Waals surface area contributed by atoms with Crippen LogP contribution in [0.5, 0.6) is 0 Å². The van der Waals surface area contributed by atoms with Crippen molar-refractivity contribution in [2.24, 2.45) is 0 Å². The Morgan fingerprint density at radius 3 is 2.39 bits per heavy atom. The zero-order valence-corrected chi connectivity index (χ0v) is 11.1. The van der Waals surface area contributed by atoms with Crippen LogP contribution in [0.3, 0.4) is 0 Å². The first-order chi connectivity index (χ1) is 8.27. The second-order valence-electron chi connectivity index (χ2n) is 6.04. The lowest BCUT2D eigenvalue weighted by molar-refractivity contribution is -0.353. The molecule has 4 unspecified atom stereocenters. The predicted octanol–water partition coefficient (Wildman–Crippen LogP) is 0.377. The van der Waals surface area contributed by atoms with Gasteiger partial charge in [0.05, 0.1) is 13.2 Å². The first-order valence-corrected chi connectivity index (χ1v) is 6.23. The van der Waals surface area contributed by atoms with Crippen molar-refractivity contribution in [3.63, 3.8) is 0 Å². The van der Waals surface area contributed by atoms with Gasteiger partial charge in [0, 0.05) is 0 Å². The standard InChI is InChI=1S/C12H20O6/c1-10(2)14-6-12(5-13)8(16-10)7-9(18-12)17-11(3,4)15-7/h7-9,13H,5-6H2,1-4H3. The first-order valence-electron chi connectivity index (χ1n) is 6.23. The van der Waals surface area contributed by atoms with Gasteiger partial charge in [0.1, 0.15) is 17.8 Å². The number of ether oxygens (including phenoxy) is 5. The highest BCUT2D eigenvalue weighted by molar-refractivity contribution is 5.06. The number of hydrogen-bond acceptors (Lipinski definition) is 6. The zero-order chi connectivity index (χ0) is 13.2. The fraction of sp³-hybridized carbons (Fsp3) is 1.00. The van der Waals surface area contributed by atoms with Crippen LogP contribution in [0.1, 0.15) is 27.7 Å². The normalized spacial score (nSPS) is 48.8. The van der Waals surface area contributed by atoms with E-state index >= 15 is 0 Å². The molecule has 4 atom stereocenters. The predicted molar refractivity (Wildman–Crippen MR) is 59.6 cm³/mol. The summed E-state index contributed by atoms with van der Waals surface area (Å²) in [7, 11) is 0. The maximum Gasteiger partial charge on any atom is 0.190 e. The average molecular weight is 260 g/mol. The Labute approximate surface area is 106 Å². The van der Waals surface area contributed by atoms with Crippen molar-refractivity contribution < 1.29 is 28.8 Å². The fourth-order valence-electron chi connectivity index (χ4n) is 2.75. The van der Waals surface area contributed by atoms with Crippen molar-refractivity contribution in [3.8, 4) is 0 Å². The molecular formula is C12H20O6. The third-order valence-corrected chi connectivity index (χ3v) is 3.60. The Balaban J connectivity index is 1.88. The van der Waals surface area contributed by atoms with E-state index in [1.54, 1.807) is 0 Å². The fourth-order valence-corrected chi connectivity index (χ4v) is 2.75. The number of rotatable bonds is 1. The quantitative estimate of drug-likeness (QED) is 0.735. The molecule has 3 rings (SSSR count). The molecule has 6 nitrogen and oxygen atoms in total.